The molecular weight excluding hydrogens is 340 g/mol. The minimum absolute atomic E-state index is 0.133. The van der Waals surface area contributed by atoms with E-state index in [9.17, 15) is 4.79 Å². The van der Waals surface area contributed by atoms with Crippen LogP contribution in [0.3, 0.4) is 0 Å². The van der Waals surface area contributed by atoms with Crippen molar-refractivity contribution in [1.29, 1.82) is 0 Å². The summed E-state index contributed by atoms with van der Waals surface area (Å²) in [7, 11) is 0. The average Bonchev–Trinajstić information content (AvgIpc) is 3.40. The number of nitrogens with one attached hydrogen (secondary N) is 2. The Morgan fingerprint density at radius 1 is 1.15 bits per heavy atom. The van der Waals surface area contributed by atoms with Crippen LogP contribution < -0.4 is 10.6 Å². The fraction of sp³-hybridized carbons (Fsp3) is 0.500. The molecule has 2 aliphatic carbocycles. The Morgan fingerprint density at radius 3 is 2.89 bits per heavy atom. The number of urea groups is 1. The standard InChI is InChI=1S/C22H28N2O3/c25-22(23-9-8-19-12-16-6-7-18(19)11-16)24-20-4-1-3-17(13-20)14-26-15-21-5-2-10-27-21/h1-5,10,13,16,18-19H,6-9,11-12,14-15H2,(H2,23,24,25). The molecule has 2 aromatic rings. The van der Waals surface area contributed by atoms with Gasteiger partial charge in [0, 0.05) is 12.2 Å². The zero-order valence-electron chi connectivity index (χ0n) is 15.7. The summed E-state index contributed by atoms with van der Waals surface area (Å²) in [6.07, 6.45) is 8.36. The Bertz CT molecular complexity index is 744. The fourth-order valence-electron chi connectivity index (χ4n) is 4.68. The molecule has 0 radical (unpaired) electrons. The van der Waals surface area contributed by atoms with Crippen molar-refractivity contribution < 1.29 is 13.9 Å². The van der Waals surface area contributed by atoms with Gasteiger partial charge in [0.15, 0.2) is 0 Å². The Balaban J connectivity index is 1.17. The van der Waals surface area contributed by atoms with Crippen LogP contribution in [0.25, 0.3) is 0 Å². The van der Waals surface area contributed by atoms with E-state index in [0.717, 1.165) is 47.7 Å². The molecule has 3 atom stereocenters. The van der Waals surface area contributed by atoms with Crippen molar-refractivity contribution in [2.45, 2.75) is 45.3 Å². The van der Waals surface area contributed by atoms with Crippen LogP contribution in [0, 0.1) is 17.8 Å². The molecule has 1 aromatic carbocycles. The fourth-order valence-corrected chi connectivity index (χ4v) is 4.68. The average molecular weight is 368 g/mol. The van der Waals surface area contributed by atoms with E-state index in [4.69, 9.17) is 9.15 Å². The number of anilines is 1. The summed E-state index contributed by atoms with van der Waals surface area (Å²) in [4.78, 5) is 12.2. The second-order valence-corrected chi connectivity index (χ2v) is 7.88. The molecule has 5 nitrogen and oxygen atoms in total. The Morgan fingerprint density at radius 2 is 2.11 bits per heavy atom. The third-order valence-electron chi connectivity index (χ3n) is 5.96. The normalized spacial score (nSPS) is 23.5. The molecule has 2 saturated carbocycles. The second-order valence-electron chi connectivity index (χ2n) is 7.88. The van der Waals surface area contributed by atoms with Crippen LogP contribution in [0.4, 0.5) is 10.5 Å². The molecule has 0 saturated heterocycles. The van der Waals surface area contributed by atoms with Gasteiger partial charge in [0.2, 0.25) is 0 Å². The zero-order chi connectivity index (χ0) is 18.5. The molecule has 0 spiro atoms. The largest absolute Gasteiger partial charge is 0.467 e. The molecule has 4 rings (SSSR count). The molecule has 0 aliphatic heterocycles. The molecule has 3 unspecified atom stereocenters. The minimum Gasteiger partial charge on any atom is -0.467 e. The zero-order valence-corrected chi connectivity index (χ0v) is 15.7. The van der Waals surface area contributed by atoms with Crippen molar-refractivity contribution in [3.63, 3.8) is 0 Å². The van der Waals surface area contributed by atoms with Crippen LogP contribution in [0.1, 0.15) is 43.4 Å². The first kappa shape index (κ1) is 18.1. The van der Waals surface area contributed by atoms with E-state index in [-0.39, 0.29) is 6.03 Å². The predicted octanol–water partition coefficient (Wildman–Crippen LogP) is 4.94. The van der Waals surface area contributed by atoms with Gasteiger partial charge in [-0.2, -0.15) is 0 Å². The van der Waals surface area contributed by atoms with Gasteiger partial charge < -0.3 is 19.8 Å². The summed E-state index contributed by atoms with van der Waals surface area (Å²) < 4.78 is 10.9. The second kappa shape index (κ2) is 8.61. The van der Waals surface area contributed by atoms with Gasteiger partial charge in [-0.3, -0.25) is 0 Å². The van der Waals surface area contributed by atoms with Crippen molar-refractivity contribution >= 4 is 11.7 Å². The Labute approximate surface area is 160 Å². The van der Waals surface area contributed by atoms with Gasteiger partial charge in [0.1, 0.15) is 12.4 Å². The van der Waals surface area contributed by atoms with Crippen molar-refractivity contribution in [2.75, 3.05) is 11.9 Å². The van der Waals surface area contributed by atoms with Gasteiger partial charge in [-0.05, 0) is 73.3 Å². The number of hydrogen-bond donors (Lipinski definition) is 2. The highest BCUT2D eigenvalue weighted by molar-refractivity contribution is 5.89. The lowest BCUT2D eigenvalue weighted by Crippen LogP contribution is -2.31. The van der Waals surface area contributed by atoms with E-state index >= 15 is 0 Å². The maximum atomic E-state index is 12.2. The van der Waals surface area contributed by atoms with E-state index in [2.05, 4.69) is 10.6 Å². The number of carbonyl (C=O) groups excluding carboxylic acids is 1. The lowest BCUT2D eigenvalue weighted by molar-refractivity contribution is 0.0930. The highest BCUT2D eigenvalue weighted by Gasteiger charge is 2.38. The maximum absolute atomic E-state index is 12.2. The number of fused-ring (bicyclic) bond motifs is 2. The number of furan rings is 1. The molecule has 2 aliphatic rings. The number of hydrogen-bond acceptors (Lipinski definition) is 3. The topological polar surface area (TPSA) is 63.5 Å². The van der Waals surface area contributed by atoms with Crippen LogP contribution in [0.2, 0.25) is 0 Å². The van der Waals surface area contributed by atoms with Gasteiger partial charge >= 0.3 is 6.03 Å². The molecule has 2 N–H and O–H groups in total. The first-order valence-corrected chi connectivity index (χ1v) is 10.00. The molecule has 144 valence electrons. The monoisotopic (exact) mass is 368 g/mol. The third kappa shape index (κ3) is 4.92. The first-order valence-electron chi connectivity index (χ1n) is 10.00. The van der Waals surface area contributed by atoms with E-state index in [1.54, 1.807) is 6.26 Å². The molecule has 1 aromatic heterocycles. The lowest BCUT2D eigenvalue weighted by Gasteiger charge is -2.21. The van der Waals surface area contributed by atoms with Gasteiger partial charge in [-0.25, -0.2) is 4.79 Å². The highest BCUT2D eigenvalue weighted by atomic mass is 16.5. The van der Waals surface area contributed by atoms with Crippen molar-refractivity contribution in [3.8, 4) is 0 Å². The quantitative estimate of drug-likeness (QED) is 0.693. The molecule has 5 heteroatoms. The van der Waals surface area contributed by atoms with Crippen molar-refractivity contribution in [2.24, 2.45) is 17.8 Å². The SMILES string of the molecule is O=C(NCCC1CC2CCC1C2)Nc1cccc(COCc2ccco2)c1. The summed E-state index contributed by atoms with van der Waals surface area (Å²) in [5.41, 5.74) is 1.80. The van der Waals surface area contributed by atoms with Crippen LogP contribution >= 0.6 is 0 Å². The number of amides is 2. The highest BCUT2D eigenvalue weighted by Crippen LogP contribution is 2.49. The van der Waals surface area contributed by atoms with Crippen LogP contribution in [-0.2, 0) is 18.0 Å². The molecule has 27 heavy (non-hydrogen) atoms. The minimum atomic E-state index is -0.133. The van der Waals surface area contributed by atoms with E-state index in [0.29, 0.717) is 13.2 Å². The van der Waals surface area contributed by atoms with Crippen LogP contribution in [-0.4, -0.2) is 12.6 Å². The van der Waals surface area contributed by atoms with E-state index in [1.807, 2.05) is 36.4 Å². The number of carbonyl (C=O) groups is 1. The smallest absolute Gasteiger partial charge is 0.319 e. The van der Waals surface area contributed by atoms with Gasteiger partial charge in [0.05, 0.1) is 12.9 Å². The van der Waals surface area contributed by atoms with E-state index < -0.39 is 0 Å². The van der Waals surface area contributed by atoms with E-state index in [1.165, 1.54) is 25.7 Å². The summed E-state index contributed by atoms with van der Waals surface area (Å²) in [6.45, 7) is 1.67. The number of benzene rings is 1. The van der Waals surface area contributed by atoms with Gasteiger partial charge in [-0.1, -0.05) is 18.6 Å². The Hall–Kier alpha value is -2.27. The third-order valence-corrected chi connectivity index (χ3v) is 5.96. The number of ether oxygens (including phenoxy) is 1. The van der Waals surface area contributed by atoms with Gasteiger partial charge in [-0.15, -0.1) is 0 Å². The summed E-state index contributed by atoms with van der Waals surface area (Å²) in [5, 5.41) is 5.93. The maximum Gasteiger partial charge on any atom is 0.319 e. The summed E-state index contributed by atoms with van der Waals surface area (Å²) >= 11 is 0. The van der Waals surface area contributed by atoms with Crippen LogP contribution in [0.5, 0.6) is 0 Å². The molecule has 1 heterocycles. The first-order chi connectivity index (χ1) is 13.3. The lowest BCUT2D eigenvalue weighted by atomic mass is 9.86. The summed E-state index contributed by atoms with van der Waals surface area (Å²) in [5.74, 6) is 3.50. The van der Waals surface area contributed by atoms with Crippen molar-refractivity contribution in [3.05, 3.63) is 54.0 Å². The van der Waals surface area contributed by atoms with Gasteiger partial charge in [0.25, 0.3) is 0 Å². The molecule has 2 fully saturated rings. The Kier molecular flexibility index (Phi) is 5.78. The van der Waals surface area contributed by atoms with Crippen molar-refractivity contribution in [1.82, 2.24) is 5.32 Å². The number of rotatable bonds is 8. The summed E-state index contributed by atoms with van der Waals surface area (Å²) in [6, 6.07) is 11.4. The molecule has 2 bridgehead atoms. The molecule has 2 amide bonds. The van der Waals surface area contributed by atoms with Crippen LogP contribution in [0.15, 0.2) is 47.1 Å². The molecular formula is C22H28N2O3. The predicted molar refractivity (Wildman–Crippen MR) is 104 cm³/mol.